The van der Waals surface area contributed by atoms with Gasteiger partial charge in [0.2, 0.25) is 5.41 Å². The Morgan fingerprint density at radius 1 is 0.972 bits per heavy atom. The maximum absolute atomic E-state index is 13.1. The molecule has 0 aliphatic carbocycles. The minimum Gasteiger partial charge on any atom is -0.468 e. The van der Waals surface area contributed by atoms with Gasteiger partial charge in [-0.15, -0.1) is 0 Å². The van der Waals surface area contributed by atoms with Crippen LogP contribution in [0.4, 0.5) is 16.3 Å². The summed E-state index contributed by atoms with van der Waals surface area (Å²) < 4.78 is 16.9. The number of ether oxygens (including phenoxy) is 3. The third-order valence-corrected chi connectivity index (χ3v) is 5.20. The van der Waals surface area contributed by atoms with Crippen molar-refractivity contribution in [2.24, 2.45) is 0 Å². The number of imidazole rings is 1. The van der Waals surface area contributed by atoms with Crippen LogP contribution in [0, 0.1) is 0 Å². The number of nitrogens with two attached hydrogens (primary N) is 1. The van der Waals surface area contributed by atoms with Gasteiger partial charge in [-0.05, 0) is 56.7 Å². The fraction of sp³-hybridized carbons (Fsp3) is 0.320. The number of carbonyl (C=O) groups is 3. The van der Waals surface area contributed by atoms with Gasteiger partial charge in [0.15, 0.2) is 0 Å². The van der Waals surface area contributed by atoms with Crippen molar-refractivity contribution in [1.82, 2.24) is 14.5 Å². The fourth-order valence-electron chi connectivity index (χ4n) is 3.52. The van der Waals surface area contributed by atoms with E-state index in [1.807, 2.05) is 0 Å². The molecule has 36 heavy (non-hydrogen) atoms. The third kappa shape index (κ3) is 5.80. The molecule has 3 N–H and O–H groups in total. The summed E-state index contributed by atoms with van der Waals surface area (Å²) in [7, 11) is 2.37. The van der Waals surface area contributed by atoms with E-state index < -0.39 is 29.0 Å². The van der Waals surface area contributed by atoms with Crippen molar-refractivity contribution in [3.05, 3.63) is 66.4 Å². The Bertz CT molecular complexity index is 1210. The molecule has 0 aliphatic heterocycles. The number of rotatable bonds is 7. The van der Waals surface area contributed by atoms with E-state index in [1.165, 1.54) is 32.8 Å². The smallest absolute Gasteiger partial charge is 0.413 e. The summed E-state index contributed by atoms with van der Waals surface area (Å²) in [6, 6.07) is 10.2. The lowest BCUT2D eigenvalue weighted by Crippen LogP contribution is -2.47. The molecule has 11 nitrogen and oxygen atoms in total. The number of hydrogen-bond acceptors (Lipinski definition) is 9. The molecule has 190 valence electrons. The van der Waals surface area contributed by atoms with Crippen molar-refractivity contribution in [2.45, 2.75) is 38.2 Å². The van der Waals surface area contributed by atoms with Gasteiger partial charge >= 0.3 is 18.0 Å². The van der Waals surface area contributed by atoms with Crippen LogP contribution in [0.3, 0.4) is 0 Å². The molecule has 0 radical (unpaired) electrons. The number of pyridine rings is 1. The molecule has 0 unspecified atom stereocenters. The number of benzene rings is 1. The van der Waals surface area contributed by atoms with Gasteiger partial charge in [0.1, 0.15) is 11.4 Å². The van der Waals surface area contributed by atoms with Gasteiger partial charge in [-0.2, -0.15) is 0 Å². The minimum atomic E-state index is -1.90. The first-order valence-corrected chi connectivity index (χ1v) is 11.0. The first kappa shape index (κ1) is 26.2. The lowest BCUT2D eigenvalue weighted by Gasteiger charge is -2.26. The van der Waals surface area contributed by atoms with E-state index in [0.29, 0.717) is 11.3 Å². The van der Waals surface area contributed by atoms with E-state index in [9.17, 15) is 14.4 Å². The fourth-order valence-corrected chi connectivity index (χ4v) is 3.52. The summed E-state index contributed by atoms with van der Waals surface area (Å²) in [6.07, 6.45) is 3.67. The second-order valence-corrected chi connectivity index (χ2v) is 9.00. The van der Waals surface area contributed by atoms with Gasteiger partial charge in [-0.1, -0.05) is 6.07 Å². The number of nitrogens with one attached hydrogen (secondary N) is 1. The summed E-state index contributed by atoms with van der Waals surface area (Å²) in [5.74, 6) is -1.44. The Kier molecular flexibility index (Phi) is 7.62. The molecule has 3 aromatic rings. The SMILES string of the molecule is COC(=O)C(Cc1ccc(NC(=O)OC(C)(C)C)nc1)(C(=O)OC)c1cn(-c2ccc(N)cc2)cn1. The van der Waals surface area contributed by atoms with Crippen LogP contribution >= 0.6 is 0 Å². The van der Waals surface area contributed by atoms with Crippen molar-refractivity contribution in [1.29, 1.82) is 0 Å². The molecular weight excluding hydrogens is 466 g/mol. The molecule has 0 aliphatic rings. The van der Waals surface area contributed by atoms with Crippen LogP contribution in [0.2, 0.25) is 0 Å². The van der Waals surface area contributed by atoms with Crippen LogP contribution in [0.1, 0.15) is 32.0 Å². The van der Waals surface area contributed by atoms with Crippen LogP contribution in [0.5, 0.6) is 0 Å². The minimum absolute atomic E-state index is 0.133. The number of nitrogen functional groups attached to an aromatic ring is 1. The predicted molar refractivity (Wildman–Crippen MR) is 131 cm³/mol. The largest absolute Gasteiger partial charge is 0.468 e. The van der Waals surface area contributed by atoms with Gasteiger partial charge in [0.05, 0.1) is 26.2 Å². The highest BCUT2D eigenvalue weighted by atomic mass is 16.6. The molecule has 2 aromatic heterocycles. The van der Waals surface area contributed by atoms with Gasteiger partial charge in [-0.25, -0.2) is 14.8 Å². The molecule has 0 saturated carbocycles. The maximum atomic E-state index is 13.1. The first-order chi connectivity index (χ1) is 17.0. The van der Waals surface area contributed by atoms with Crippen LogP contribution in [-0.4, -0.2) is 52.4 Å². The van der Waals surface area contributed by atoms with Gasteiger partial charge in [-0.3, -0.25) is 14.9 Å². The number of hydrogen-bond donors (Lipinski definition) is 2. The number of aromatic nitrogens is 3. The highest BCUT2D eigenvalue weighted by Crippen LogP contribution is 2.32. The van der Waals surface area contributed by atoms with Crippen molar-refractivity contribution < 1.29 is 28.6 Å². The van der Waals surface area contributed by atoms with Crippen molar-refractivity contribution >= 4 is 29.5 Å². The van der Waals surface area contributed by atoms with Crippen molar-refractivity contribution in [3.8, 4) is 5.69 Å². The molecule has 0 spiro atoms. The molecule has 0 saturated heterocycles. The first-order valence-electron chi connectivity index (χ1n) is 11.0. The number of nitrogens with zero attached hydrogens (tertiary/aromatic N) is 3. The Labute approximate surface area is 208 Å². The Balaban J connectivity index is 1.95. The number of amides is 1. The van der Waals surface area contributed by atoms with E-state index in [4.69, 9.17) is 19.9 Å². The third-order valence-electron chi connectivity index (χ3n) is 5.20. The zero-order valence-corrected chi connectivity index (χ0v) is 20.8. The predicted octanol–water partition coefficient (Wildman–Crippen LogP) is 3.02. The van der Waals surface area contributed by atoms with Gasteiger partial charge in [0, 0.05) is 30.2 Å². The standard InChI is InChI=1S/C25H29N5O6/c1-24(2,3)36-23(33)29-20-11-6-16(13-27-20)12-25(21(31)34-4,22(32)35-5)19-14-30(15-28-19)18-9-7-17(26)8-10-18/h6-11,13-15H,12,26H2,1-5H3,(H,27,29,33). The van der Waals surface area contributed by atoms with E-state index in [1.54, 1.807) is 61.9 Å². The lowest BCUT2D eigenvalue weighted by atomic mass is 9.79. The molecular formula is C25H29N5O6. The summed E-state index contributed by atoms with van der Waals surface area (Å²) in [4.78, 5) is 46.7. The molecule has 0 bridgehead atoms. The molecule has 3 rings (SSSR count). The molecule has 2 heterocycles. The van der Waals surface area contributed by atoms with E-state index in [0.717, 1.165) is 5.69 Å². The lowest BCUT2D eigenvalue weighted by molar-refractivity contribution is -0.162. The van der Waals surface area contributed by atoms with Crippen LogP contribution < -0.4 is 11.1 Å². The Morgan fingerprint density at radius 2 is 1.61 bits per heavy atom. The van der Waals surface area contributed by atoms with Crippen molar-refractivity contribution in [3.63, 3.8) is 0 Å². The summed E-state index contributed by atoms with van der Waals surface area (Å²) in [6.45, 7) is 5.24. The molecule has 0 atom stereocenters. The zero-order valence-electron chi connectivity index (χ0n) is 20.8. The van der Waals surface area contributed by atoms with Crippen LogP contribution in [0.15, 0.2) is 55.1 Å². The molecule has 1 aromatic carbocycles. The topological polar surface area (TPSA) is 148 Å². The summed E-state index contributed by atoms with van der Waals surface area (Å²) in [5, 5.41) is 2.53. The number of methoxy groups -OCH3 is 2. The Hall–Kier alpha value is -4.41. The van der Waals surface area contributed by atoms with Crippen molar-refractivity contribution in [2.75, 3.05) is 25.3 Å². The average molecular weight is 496 g/mol. The Morgan fingerprint density at radius 3 is 2.14 bits per heavy atom. The normalized spacial score (nSPS) is 11.5. The summed E-state index contributed by atoms with van der Waals surface area (Å²) >= 11 is 0. The average Bonchev–Trinajstić information content (AvgIpc) is 3.32. The highest BCUT2D eigenvalue weighted by Gasteiger charge is 2.52. The summed E-state index contributed by atoms with van der Waals surface area (Å²) in [5.41, 5.74) is 5.15. The molecule has 11 heteroatoms. The van der Waals surface area contributed by atoms with Gasteiger partial charge in [0.25, 0.3) is 0 Å². The van der Waals surface area contributed by atoms with Crippen LogP contribution in [0.25, 0.3) is 5.69 Å². The van der Waals surface area contributed by atoms with Crippen LogP contribution in [-0.2, 0) is 35.6 Å². The monoisotopic (exact) mass is 495 g/mol. The second kappa shape index (κ2) is 10.5. The molecule has 1 amide bonds. The highest BCUT2D eigenvalue weighted by molar-refractivity contribution is 6.06. The van der Waals surface area contributed by atoms with E-state index in [2.05, 4.69) is 15.3 Å². The number of anilines is 2. The number of esters is 2. The van der Waals surface area contributed by atoms with Gasteiger partial charge < -0.3 is 24.5 Å². The zero-order chi connectivity index (χ0) is 26.5. The molecule has 0 fully saturated rings. The van der Waals surface area contributed by atoms with E-state index in [-0.39, 0.29) is 17.9 Å². The number of carbonyl (C=O) groups excluding carboxylic acids is 3. The quantitative estimate of drug-likeness (QED) is 0.218. The maximum Gasteiger partial charge on any atom is 0.413 e. The second-order valence-electron chi connectivity index (χ2n) is 9.00. The van der Waals surface area contributed by atoms with E-state index >= 15 is 0 Å².